The Kier molecular flexibility index (Phi) is 27.9. The van der Waals surface area contributed by atoms with Gasteiger partial charge in [0, 0.05) is 6.04 Å². The van der Waals surface area contributed by atoms with Crippen molar-refractivity contribution in [3.05, 3.63) is 0 Å². The van der Waals surface area contributed by atoms with E-state index in [1.807, 2.05) is 41.5 Å². The molecule has 0 aromatic rings. The molecule has 2 aliphatic heterocycles. The van der Waals surface area contributed by atoms with Crippen molar-refractivity contribution in [2.45, 2.75) is 200 Å². The van der Waals surface area contributed by atoms with Crippen molar-refractivity contribution in [1.82, 2.24) is 47.4 Å². The van der Waals surface area contributed by atoms with Gasteiger partial charge in [0.05, 0.1) is 24.1 Å². The number of thiocarbonyl (C=S) groups is 1. The van der Waals surface area contributed by atoms with Gasteiger partial charge in [0.25, 0.3) is 0 Å². The van der Waals surface area contributed by atoms with Gasteiger partial charge < -0.3 is 74.5 Å². The van der Waals surface area contributed by atoms with E-state index in [0.717, 1.165) is 4.90 Å². The number of carbonyl (C=O) groups excluding carboxylic acids is 9. The highest BCUT2D eigenvalue weighted by atomic mass is 32.1. The van der Waals surface area contributed by atoms with Crippen LogP contribution >= 0.6 is 12.2 Å². The fourth-order valence-electron chi connectivity index (χ4n) is 8.86. The molecule has 13 unspecified atom stereocenters. The Balaban J connectivity index is 2.76. The minimum Gasteiger partial charge on any atom is -0.460 e. The van der Waals surface area contributed by atoms with Crippen LogP contribution in [0, 0.1) is 29.6 Å². The van der Waals surface area contributed by atoms with Gasteiger partial charge in [-0.25, -0.2) is 4.79 Å². The molecular weight excluding hydrogens is 977 g/mol. The van der Waals surface area contributed by atoms with E-state index < -0.39 is 151 Å². The molecule has 0 aromatic heterocycles. The smallest absolute Gasteiger partial charge is 0.331 e. The van der Waals surface area contributed by atoms with Crippen molar-refractivity contribution >= 4 is 70.4 Å². The van der Waals surface area contributed by atoms with E-state index in [9.17, 15) is 48.3 Å². The lowest BCUT2D eigenvalue weighted by atomic mass is 9.96. The molecule has 0 spiro atoms. The van der Waals surface area contributed by atoms with Crippen molar-refractivity contribution < 1.29 is 53.0 Å². The van der Waals surface area contributed by atoms with Crippen LogP contribution in [0.2, 0.25) is 0 Å². The minimum absolute atomic E-state index is 0.00472. The molecule has 2 bridgehead atoms. The maximum Gasteiger partial charge on any atom is 0.331 e. The van der Waals surface area contributed by atoms with Crippen LogP contribution in [0.4, 0.5) is 0 Å². The number of amides is 8. The molecule has 15 N–H and O–H groups in total. The molecule has 2 aliphatic rings. The van der Waals surface area contributed by atoms with Crippen molar-refractivity contribution in [3.8, 4) is 0 Å². The van der Waals surface area contributed by atoms with E-state index >= 15 is 0 Å². The van der Waals surface area contributed by atoms with Gasteiger partial charge in [0.15, 0.2) is 6.04 Å². The second-order valence-corrected chi connectivity index (χ2v) is 21.2. The van der Waals surface area contributed by atoms with Crippen LogP contribution < -0.4 is 59.7 Å². The number of cyclic esters (lactones) is 1. The second-order valence-electron chi connectivity index (χ2n) is 20.8. The van der Waals surface area contributed by atoms with Gasteiger partial charge in [-0.05, 0) is 88.3 Å². The number of aliphatic hydroxyl groups is 1. The monoisotopic (exact) mass is 1070 g/mol. The molecule has 2 saturated heterocycles. The van der Waals surface area contributed by atoms with Gasteiger partial charge in [0.1, 0.15) is 48.4 Å². The van der Waals surface area contributed by atoms with Crippen molar-refractivity contribution in [3.63, 3.8) is 0 Å². The molecule has 0 radical (unpaired) electrons. The third-order valence-corrected chi connectivity index (χ3v) is 14.5. The summed E-state index contributed by atoms with van der Waals surface area (Å²) in [5, 5.41) is 33.1. The predicted molar refractivity (Wildman–Crippen MR) is 283 cm³/mol. The summed E-state index contributed by atoms with van der Waals surface area (Å²) in [6.07, 6.45) is 0.0905. The second kappa shape index (κ2) is 31.8. The number of nitrogens with zero attached hydrogens (tertiary/aromatic N) is 1. The maximum absolute atomic E-state index is 14.2. The van der Waals surface area contributed by atoms with Gasteiger partial charge in [-0.1, -0.05) is 101 Å². The van der Waals surface area contributed by atoms with Gasteiger partial charge in [-0.15, -0.1) is 0 Å². The first-order chi connectivity index (χ1) is 34.8. The van der Waals surface area contributed by atoms with E-state index in [1.54, 1.807) is 34.6 Å². The third-order valence-electron chi connectivity index (χ3n) is 14.1. The van der Waals surface area contributed by atoms with E-state index in [2.05, 4.69) is 42.5 Å². The van der Waals surface area contributed by atoms with Gasteiger partial charge in [-0.2, -0.15) is 0 Å². The molecule has 14 atom stereocenters. The van der Waals surface area contributed by atoms with E-state index in [0.29, 0.717) is 19.3 Å². The van der Waals surface area contributed by atoms with Crippen LogP contribution in [0.15, 0.2) is 0 Å². The number of hydrogen-bond acceptors (Lipinski definition) is 15. The van der Waals surface area contributed by atoms with E-state index in [1.165, 1.54) is 0 Å². The first-order valence-corrected chi connectivity index (χ1v) is 26.9. The number of aliphatic hydroxyl groups excluding tert-OH is 1. The zero-order valence-corrected chi connectivity index (χ0v) is 46.4. The molecule has 0 aromatic carbocycles. The number of hydrogen-bond donors (Lipinski definition) is 12. The molecule has 422 valence electrons. The van der Waals surface area contributed by atoms with Gasteiger partial charge in [-0.3, -0.25) is 38.4 Å². The van der Waals surface area contributed by atoms with Crippen LogP contribution in [-0.2, 0) is 47.9 Å². The van der Waals surface area contributed by atoms with Crippen LogP contribution in [-0.4, -0.2) is 161 Å². The molecule has 2 fully saturated rings. The fraction of sp³-hybridized carbons (Fsp3) is 0.800. The molecule has 0 aliphatic carbocycles. The first kappa shape index (κ1) is 65.1. The maximum atomic E-state index is 14.2. The predicted octanol–water partition coefficient (Wildman–Crippen LogP) is -1.15. The van der Waals surface area contributed by atoms with Crippen LogP contribution in [0.25, 0.3) is 0 Å². The summed E-state index contributed by atoms with van der Waals surface area (Å²) in [6.45, 7) is 18.7. The lowest BCUT2D eigenvalue weighted by Crippen LogP contribution is -2.61. The zero-order chi connectivity index (χ0) is 56.1. The summed E-state index contributed by atoms with van der Waals surface area (Å²) in [5.41, 5.74) is 17.8. The molecule has 2 heterocycles. The minimum atomic E-state index is -1.53. The molecular formula is C50H90N12O11S. The number of nitrogens with two attached hydrogens (primary N) is 3. The van der Waals surface area contributed by atoms with E-state index in [-0.39, 0.29) is 68.6 Å². The normalized spacial score (nSPS) is 29.6. The summed E-state index contributed by atoms with van der Waals surface area (Å²) in [5.74, 6) is -8.26. The standard InChI is InChI=1S/C50H90N12O11S/c1-12-27(8)37-23-38(64)54-31(15-18-51)42(65)60-40(28(9)13-2)47(70)56-33(17-20-53)44(67)61-41(29(10)14-3)48(74)58-34(21-25(4)5)45(68)55-32(16-19-52)43(66)59-39(26(6)7)46(69)57-35-22-30(11)62(49(35)71)36(24-63)50(72)73-37/h25-37,39-41,63H,12-24,51-53H2,1-11H3,(H,54,64)(H,55,68)(H,56,70)(H,57,69)(H,58,74)(H,59,66)(H,60,65)(H,61,67)/t27?,28?,29?,30?,31?,32?,33?,34?,35?,36?,37?,39?,40-,41?/m0/s1. The molecule has 23 nitrogen and oxygen atoms in total. The number of rotatable bonds is 16. The highest BCUT2D eigenvalue weighted by Gasteiger charge is 2.46. The van der Waals surface area contributed by atoms with Crippen molar-refractivity contribution in [2.75, 3.05) is 26.2 Å². The first-order valence-electron chi connectivity index (χ1n) is 26.5. The van der Waals surface area contributed by atoms with Crippen LogP contribution in [0.3, 0.4) is 0 Å². The number of nitrogens with one attached hydrogen (secondary N) is 8. The molecule has 74 heavy (non-hydrogen) atoms. The van der Waals surface area contributed by atoms with Gasteiger partial charge in [0.2, 0.25) is 47.3 Å². The lowest BCUT2D eigenvalue weighted by molar-refractivity contribution is -0.165. The Morgan fingerprint density at radius 1 is 0.595 bits per heavy atom. The lowest BCUT2D eigenvalue weighted by Gasteiger charge is -2.32. The topological polar surface area (TPSA) is 361 Å². The molecule has 2 rings (SSSR count). The number of fused-ring (bicyclic) bond motifs is 2. The SMILES string of the molecule is CCC(C)C1CC(=O)NC(CCN)C(=O)N[C@@H](C(C)CC)C(=O)NC(CCN)C(=O)NC(C(C)CC)C(=S)NC(CC(C)C)C(=O)NC(CCN)C(=O)NC(C(C)C)C(=O)NC2CC(C)N(C2=O)C(CO)C(=O)O1. The van der Waals surface area contributed by atoms with Crippen molar-refractivity contribution in [1.29, 1.82) is 0 Å². The summed E-state index contributed by atoms with van der Waals surface area (Å²) in [7, 11) is 0. The average Bonchev–Trinajstić information content (AvgIpc) is 3.61. The Morgan fingerprint density at radius 2 is 1.04 bits per heavy atom. The molecule has 24 heteroatoms. The third kappa shape index (κ3) is 19.0. The zero-order valence-electron chi connectivity index (χ0n) is 45.5. The fourth-order valence-corrected chi connectivity index (χ4v) is 9.30. The summed E-state index contributed by atoms with van der Waals surface area (Å²) >= 11 is 5.91. The highest BCUT2D eigenvalue weighted by Crippen LogP contribution is 2.25. The van der Waals surface area contributed by atoms with Crippen LogP contribution in [0.1, 0.15) is 134 Å². The summed E-state index contributed by atoms with van der Waals surface area (Å²) in [6, 6.07) is -11.3. The summed E-state index contributed by atoms with van der Waals surface area (Å²) < 4.78 is 5.88. The highest BCUT2D eigenvalue weighted by molar-refractivity contribution is 7.80. The quantitative estimate of drug-likeness (QED) is 0.0641. The van der Waals surface area contributed by atoms with E-state index in [4.69, 9.17) is 34.2 Å². The number of ether oxygens (including phenoxy) is 1. The molecule has 8 amide bonds. The number of carbonyl (C=O) groups is 9. The van der Waals surface area contributed by atoms with Crippen molar-refractivity contribution in [2.24, 2.45) is 46.8 Å². The Morgan fingerprint density at radius 3 is 1.51 bits per heavy atom. The Bertz CT molecular complexity index is 1930. The van der Waals surface area contributed by atoms with Crippen LogP contribution in [0.5, 0.6) is 0 Å². The molecule has 0 saturated carbocycles. The number of esters is 1. The average molecular weight is 1070 g/mol. The summed E-state index contributed by atoms with van der Waals surface area (Å²) in [4.78, 5) is 128. The van der Waals surface area contributed by atoms with Gasteiger partial charge >= 0.3 is 5.97 Å². The Labute approximate surface area is 443 Å². The Hall–Kier alpha value is -5.04. The largest absolute Gasteiger partial charge is 0.460 e.